The molecule has 0 unspecified atom stereocenters. The molecule has 9 rings (SSSR count). The molecule has 2 aliphatic rings. The first-order valence-corrected chi connectivity index (χ1v) is 15.7. The molecule has 0 saturated carbocycles. The zero-order valence-corrected chi connectivity index (χ0v) is 26.6. The maximum Gasteiger partial charge on any atom is 0.140 e. The van der Waals surface area contributed by atoms with Crippen molar-refractivity contribution >= 4 is 39.1 Å². The third-order valence-electron chi connectivity index (χ3n) is 10.5. The van der Waals surface area contributed by atoms with Crippen molar-refractivity contribution in [3.05, 3.63) is 125 Å². The Morgan fingerprint density at radius 1 is 0.489 bits per heavy atom. The predicted octanol–water partition coefficient (Wildman–Crippen LogP) is 9.54. The minimum absolute atomic E-state index is 0.176. The van der Waals surface area contributed by atoms with Crippen LogP contribution < -0.4 is 4.90 Å². The van der Waals surface area contributed by atoms with Gasteiger partial charge in [0, 0.05) is 36.1 Å². The molecule has 0 radical (unpaired) electrons. The molecule has 0 bridgehead atoms. The number of hydrogen-bond donors (Lipinski definition) is 0. The van der Waals surface area contributed by atoms with E-state index in [4.69, 9.17) is 9.97 Å². The van der Waals surface area contributed by atoms with Gasteiger partial charge < -0.3 is 14.0 Å². The first-order valence-electron chi connectivity index (χ1n) is 15.7. The summed E-state index contributed by atoms with van der Waals surface area (Å²) in [6.07, 6.45) is 0. The standard InChI is InChI=1S/C40H35N5/c1-39(2)26-20-18-24(37-41-30-14-7-9-16-32(30)43(37)5)22-34(26)45-35-23-25(38-42-31-15-8-10-17-33(31)44(38)6)19-21-27(35)40(3,4)29-13-11-12-28(39)36(29)45/h7-23H,1-6H3. The molecule has 7 aromatic rings. The number of fused-ring (bicyclic) bond motifs is 6. The molecule has 0 N–H and O–H groups in total. The largest absolute Gasteiger partial charge is 0.327 e. The number of anilines is 3. The highest BCUT2D eigenvalue weighted by atomic mass is 15.2. The van der Waals surface area contributed by atoms with Crippen molar-refractivity contribution in [1.82, 2.24) is 19.1 Å². The first-order chi connectivity index (χ1) is 21.7. The molecule has 0 amide bonds. The fraction of sp³-hybridized carbons (Fsp3) is 0.200. The molecule has 220 valence electrons. The third kappa shape index (κ3) is 3.38. The normalized spacial score (nSPS) is 15.6. The Hall–Kier alpha value is -5.16. The average molecular weight is 586 g/mol. The van der Waals surface area contributed by atoms with E-state index in [0.29, 0.717) is 0 Å². The summed E-state index contributed by atoms with van der Waals surface area (Å²) in [5, 5.41) is 0. The van der Waals surface area contributed by atoms with Crippen molar-refractivity contribution in [2.75, 3.05) is 4.90 Å². The van der Waals surface area contributed by atoms with Gasteiger partial charge in [-0.1, -0.05) is 94.4 Å². The van der Waals surface area contributed by atoms with Gasteiger partial charge in [0.05, 0.1) is 39.1 Å². The van der Waals surface area contributed by atoms with Gasteiger partial charge in [0.1, 0.15) is 11.6 Å². The monoisotopic (exact) mass is 585 g/mol. The van der Waals surface area contributed by atoms with Crippen LogP contribution in [-0.4, -0.2) is 19.1 Å². The topological polar surface area (TPSA) is 38.9 Å². The smallest absolute Gasteiger partial charge is 0.140 e. The van der Waals surface area contributed by atoms with Crippen molar-refractivity contribution in [2.24, 2.45) is 14.1 Å². The number of rotatable bonds is 2. The van der Waals surface area contributed by atoms with Crippen molar-refractivity contribution in [1.29, 1.82) is 0 Å². The second-order valence-electron chi connectivity index (χ2n) is 13.7. The van der Waals surface area contributed by atoms with E-state index in [9.17, 15) is 0 Å². The summed E-state index contributed by atoms with van der Waals surface area (Å²) in [6, 6.07) is 37.5. The van der Waals surface area contributed by atoms with Gasteiger partial charge >= 0.3 is 0 Å². The second kappa shape index (κ2) is 8.72. The van der Waals surface area contributed by atoms with Crippen LogP contribution in [0.15, 0.2) is 103 Å². The SMILES string of the molecule is Cn1c(-c2ccc3c(c2)N2c4cc(-c5nc6ccccc6n5C)ccc4C(C)(C)c4cccc(c42)C3(C)C)nc2ccccc21. The Balaban J connectivity index is 1.33. The minimum atomic E-state index is -0.176. The number of aryl methyl sites for hydroxylation is 2. The predicted molar refractivity (Wildman–Crippen MR) is 185 cm³/mol. The lowest BCUT2D eigenvalue weighted by atomic mass is 9.66. The fourth-order valence-electron chi connectivity index (χ4n) is 8.03. The maximum absolute atomic E-state index is 5.08. The molecule has 0 fully saturated rings. The number of para-hydroxylation sites is 5. The highest BCUT2D eigenvalue weighted by molar-refractivity contribution is 5.95. The van der Waals surface area contributed by atoms with Crippen molar-refractivity contribution in [3.63, 3.8) is 0 Å². The highest BCUT2D eigenvalue weighted by Gasteiger charge is 2.45. The molecule has 0 spiro atoms. The van der Waals surface area contributed by atoms with E-state index >= 15 is 0 Å². The van der Waals surface area contributed by atoms with Crippen LogP contribution in [-0.2, 0) is 24.9 Å². The average Bonchev–Trinajstić information content (AvgIpc) is 3.57. The fourth-order valence-corrected chi connectivity index (χ4v) is 8.03. The molecular formula is C40H35N5. The van der Waals surface area contributed by atoms with Crippen LogP contribution in [0.4, 0.5) is 17.1 Å². The van der Waals surface area contributed by atoms with E-state index < -0.39 is 0 Å². The van der Waals surface area contributed by atoms with Gasteiger partial charge in [-0.3, -0.25) is 0 Å². The molecule has 4 heterocycles. The van der Waals surface area contributed by atoms with Gasteiger partial charge in [-0.25, -0.2) is 9.97 Å². The lowest BCUT2D eigenvalue weighted by Crippen LogP contribution is -2.38. The Morgan fingerprint density at radius 2 is 0.933 bits per heavy atom. The number of nitrogens with zero attached hydrogens (tertiary/aromatic N) is 5. The van der Waals surface area contributed by atoms with E-state index in [1.165, 1.54) is 39.3 Å². The van der Waals surface area contributed by atoms with E-state index in [0.717, 1.165) is 44.8 Å². The van der Waals surface area contributed by atoms with Gasteiger partial charge in [-0.2, -0.15) is 0 Å². The van der Waals surface area contributed by atoms with Crippen LogP contribution in [0.3, 0.4) is 0 Å². The van der Waals surface area contributed by atoms with Gasteiger partial charge in [0.25, 0.3) is 0 Å². The summed E-state index contributed by atoms with van der Waals surface area (Å²) < 4.78 is 4.42. The molecule has 2 aromatic heterocycles. The van der Waals surface area contributed by atoms with Gasteiger partial charge in [0.15, 0.2) is 0 Å². The molecule has 2 aliphatic heterocycles. The lowest BCUT2D eigenvalue weighted by Gasteiger charge is -2.49. The number of benzene rings is 5. The van der Waals surface area contributed by atoms with Crippen LogP contribution in [0, 0.1) is 0 Å². The van der Waals surface area contributed by atoms with E-state index in [-0.39, 0.29) is 10.8 Å². The van der Waals surface area contributed by atoms with Crippen molar-refractivity contribution < 1.29 is 0 Å². The molecule has 45 heavy (non-hydrogen) atoms. The van der Waals surface area contributed by atoms with E-state index in [2.05, 4.69) is 159 Å². The van der Waals surface area contributed by atoms with Gasteiger partial charge in [-0.15, -0.1) is 0 Å². The molecule has 0 saturated heterocycles. The molecule has 0 atom stereocenters. The summed E-state index contributed by atoms with van der Waals surface area (Å²) in [6.45, 7) is 9.47. The van der Waals surface area contributed by atoms with Gasteiger partial charge in [-0.05, 0) is 58.7 Å². The van der Waals surface area contributed by atoms with Gasteiger partial charge in [0.2, 0.25) is 0 Å². The Morgan fingerprint density at radius 3 is 1.38 bits per heavy atom. The summed E-state index contributed by atoms with van der Waals surface area (Å²) in [5.74, 6) is 1.95. The Kier molecular flexibility index (Phi) is 5.09. The first kappa shape index (κ1) is 26.3. The van der Waals surface area contributed by atoms with Crippen molar-refractivity contribution in [2.45, 2.75) is 38.5 Å². The summed E-state index contributed by atoms with van der Waals surface area (Å²) >= 11 is 0. The maximum atomic E-state index is 5.08. The molecular weight excluding hydrogens is 550 g/mol. The van der Waals surface area contributed by atoms with E-state index in [1.54, 1.807) is 0 Å². The lowest BCUT2D eigenvalue weighted by molar-refractivity contribution is 0.597. The van der Waals surface area contributed by atoms with Crippen LogP contribution >= 0.6 is 0 Å². The minimum Gasteiger partial charge on any atom is -0.327 e. The zero-order chi connectivity index (χ0) is 30.8. The Bertz CT molecular complexity index is 2200. The van der Waals surface area contributed by atoms with Crippen LogP contribution in [0.5, 0.6) is 0 Å². The second-order valence-corrected chi connectivity index (χ2v) is 13.7. The molecule has 5 heteroatoms. The summed E-state index contributed by atoms with van der Waals surface area (Å²) in [5.41, 5.74) is 15.2. The number of hydrogen-bond acceptors (Lipinski definition) is 3. The van der Waals surface area contributed by atoms with Crippen LogP contribution in [0.25, 0.3) is 44.8 Å². The Labute approximate surface area is 263 Å². The van der Waals surface area contributed by atoms with Crippen LogP contribution in [0.2, 0.25) is 0 Å². The zero-order valence-electron chi connectivity index (χ0n) is 26.6. The number of aromatic nitrogens is 4. The highest BCUT2D eigenvalue weighted by Crippen LogP contribution is 2.60. The van der Waals surface area contributed by atoms with E-state index in [1.807, 2.05) is 0 Å². The quantitative estimate of drug-likeness (QED) is 0.203. The molecule has 0 aliphatic carbocycles. The molecule has 5 nitrogen and oxygen atoms in total. The van der Waals surface area contributed by atoms with Crippen molar-refractivity contribution in [3.8, 4) is 22.8 Å². The molecule has 5 aromatic carbocycles. The van der Waals surface area contributed by atoms with Crippen LogP contribution in [0.1, 0.15) is 49.9 Å². The number of imidazole rings is 2. The third-order valence-corrected chi connectivity index (χ3v) is 10.5. The summed E-state index contributed by atoms with van der Waals surface area (Å²) in [7, 11) is 4.23. The summed E-state index contributed by atoms with van der Waals surface area (Å²) in [4.78, 5) is 12.7.